The SMILES string of the molecule is Cc1oc(-n2c(C)cc(/C=N\NC(=O)CNc3ccc(I)cc3)c2C)c(C#N)c1C. The van der Waals surface area contributed by atoms with Crippen LogP contribution >= 0.6 is 22.6 Å². The minimum Gasteiger partial charge on any atom is -0.443 e. The molecule has 1 amide bonds. The highest BCUT2D eigenvalue weighted by Crippen LogP contribution is 2.28. The first-order chi connectivity index (χ1) is 14.3. The Kier molecular flexibility index (Phi) is 6.62. The van der Waals surface area contributed by atoms with Crippen LogP contribution in [0.3, 0.4) is 0 Å². The van der Waals surface area contributed by atoms with E-state index in [1.165, 1.54) is 0 Å². The van der Waals surface area contributed by atoms with E-state index in [1.807, 2.05) is 62.6 Å². The summed E-state index contributed by atoms with van der Waals surface area (Å²) in [4.78, 5) is 12.0. The fourth-order valence-corrected chi connectivity index (χ4v) is 3.45. The van der Waals surface area contributed by atoms with Gasteiger partial charge in [0.15, 0.2) is 0 Å². The van der Waals surface area contributed by atoms with Gasteiger partial charge in [-0.3, -0.25) is 9.36 Å². The molecule has 0 unspecified atom stereocenters. The zero-order valence-corrected chi connectivity index (χ0v) is 19.4. The Balaban J connectivity index is 1.69. The van der Waals surface area contributed by atoms with Gasteiger partial charge in [0.05, 0.1) is 12.8 Å². The molecule has 0 aliphatic carbocycles. The average molecular weight is 515 g/mol. The van der Waals surface area contributed by atoms with Crippen LogP contribution in [0.25, 0.3) is 5.88 Å². The number of hydrogen-bond acceptors (Lipinski definition) is 5. The first-order valence-corrected chi connectivity index (χ1v) is 10.4. The maximum atomic E-state index is 12.0. The zero-order chi connectivity index (χ0) is 21.8. The van der Waals surface area contributed by atoms with Crippen molar-refractivity contribution in [2.75, 3.05) is 11.9 Å². The van der Waals surface area contributed by atoms with E-state index in [2.05, 4.69) is 44.5 Å². The Hall–Kier alpha value is -3.06. The molecule has 2 heterocycles. The van der Waals surface area contributed by atoms with E-state index in [-0.39, 0.29) is 12.5 Å². The minimum absolute atomic E-state index is 0.118. The third-order valence-electron chi connectivity index (χ3n) is 4.84. The van der Waals surface area contributed by atoms with E-state index < -0.39 is 0 Å². The van der Waals surface area contributed by atoms with Gasteiger partial charge in [0.2, 0.25) is 5.88 Å². The highest BCUT2D eigenvalue weighted by molar-refractivity contribution is 14.1. The molecule has 0 bridgehead atoms. The molecular weight excluding hydrogens is 493 g/mol. The van der Waals surface area contributed by atoms with Gasteiger partial charge < -0.3 is 9.73 Å². The molecule has 3 aromatic rings. The van der Waals surface area contributed by atoms with Gasteiger partial charge in [-0.2, -0.15) is 10.4 Å². The number of nitriles is 1. The quantitative estimate of drug-likeness (QED) is 0.290. The molecule has 7 nitrogen and oxygen atoms in total. The van der Waals surface area contributed by atoms with Gasteiger partial charge in [-0.05, 0) is 80.6 Å². The Morgan fingerprint density at radius 3 is 2.63 bits per heavy atom. The molecule has 0 atom stereocenters. The normalized spacial score (nSPS) is 10.9. The molecule has 8 heteroatoms. The lowest BCUT2D eigenvalue weighted by molar-refractivity contribution is -0.119. The van der Waals surface area contributed by atoms with Gasteiger partial charge in [0.1, 0.15) is 17.4 Å². The highest BCUT2D eigenvalue weighted by Gasteiger charge is 2.20. The molecule has 154 valence electrons. The molecule has 0 saturated heterocycles. The maximum Gasteiger partial charge on any atom is 0.259 e. The number of nitrogens with zero attached hydrogens (tertiary/aromatic N) is 3. The number of benzene rings is 1. The standard InChI is InChI=1S/C22H22IN5O2/c1-13-9-17(15(3)28(13)22-20(10-24)14(2)16(4)30-22)11-26-27-21(29)12-25-19-7-5-18(23)6-8-19/h5-9,11,25H,12H2,1-4H3,(H,27,29)/b26-11-. The van der Waals surface area contributed by atoms with Crippen molar-refractivity contribution in [3.63, 3.8) is 0 Å². The summed E-state index contributed by atoms with van der Waals surface area (Å²) in [5.41, 5.74) is 7.36. The van der Waals surface area contributed by atoms with E-state index >= 15 is 0 Å². The second-order valence-electron chi connectivity index (χ2n) is 6.89. The number of anilines is 1. The number of hydrogen-bond donors (Lipinski definition) is 2. The van der Waals surface area contributed by atoms with Gasteiger partial charge >= 0.3 is 0 Å². The van der Waals surface area contributed by atoms with Crippen LogP contribution in [0.2, 0.25) is 0 Å². The predicted molar refractivity (Wildman–Crippen MR) is 125 cm³/mol. The lowest BCUT2D eigenvalue weighted by Crippen LogP contribution is -2.25. The fourth-order valence-electron chi connectivity index (χ4n) is 3.09. The number of carbonyl (C=O) groups is 1. The predicted octanol–water partition coefficient (Wildman–Crippen LogP) is 4.34. The van der Waals surface area contributed by atoms with Gasteiger partial charge in [0, 0.05) is 31.8 Å². The van der Waals surface area contributed by atoms with Crippen molar-refractivity contribution in [1.82, 2.24) is 9.99 Å². The van der Waals surface area contributed by atoms with E-state index in [4.69, 9.17) is 4.42 Å². The molecule has 2 aromatic heterocycles. The molecule has 2 N–H and O–H groups in total. The molecule has 0 radical (unpaired) electrons. The van der Waals surface area contributed by atoms with E-state index in [1.54, 1.807) is 6.21 Å². The molecule has 0 saturated carbocycles. The molecule has 0 spiro atoms. The van der Waals surface area contributed by atoms with Crippen LogP contribution in [0, 0.1) is 42.6 Å². The molecule has 0 fully saturated rings. The van der Waals surface area contributed by atoms with Crippen molar-refractivity contribution in [2.24, 2.45) is 5.10 Å². The lowest BCUT2D eigenvalue weighted by atomic mass is 10.2. The summed E-state index contributed by atoms with van der Waals surface area (Å²) in [7, 11) is 0. The van der Waals surface area contributed by atoms with Crippen LogP contribution in [0.15, 0.2) is 39.9 Å². The molecule has 30 heavy (non-hydrogen) atoms. The van der Waals surface area contributed by atoms with E-state index in [0.29, 0.717) is 11.4 Å². The van der Waals surface area contributed by atoms with Crippen molar-refractivity contribution < 1.29 is 9.21 Å². The van der Waals surface area contributed by atoms with Crippen molar-refractivity contribution >= 4 is 40.4 Å². The summed E-state index contributed by atoms with van der Waals surface area (Å²) in [6.07, 6.45) is 1.59. The smallest absolute Gasteiger partial charge is 0.259 e. The van der Waals surface area contributed by atoms with Crippen molar-refractivity contribution in [3.8, 4) is 12.0 Å². The second kappa shape index (κ2) is 9.17. The summed E-state index contributed by atoms with van der Waals surface area (Å²) < 4.78 is 8.86. The second-order valence-corrected chi connectivity index (χ2v) is 8.14. The Labute approximate surface area is 188 Å². The number of nitrogens with one attached hydrogen (secondary N) is 2. The van der Waals surface area contributed by atoms with Gasteiger partial charge in [0.25, 0.3) is 5.91 Å². The van der Waals surface area contributed by atoms with Crippen molar-refractivity contribution in [1.29, 1.82) is 5.26 Å². The van der Waals surface area contributed by atoms with Crippen molar-refractivity contribution in [2.45, 2.75) is 27.7 Å². The largest absolute Gasteiger partial charge is 0.443 e. The van der Waals surface area contributed by atoms with Crippen LogP contribution in [-0.4, -0.2) is 23.2 Å². The Morgan fingerprint density at radius 1 is 1.27 bits per heavy atom. The third kappa shape index (κ3) is 4.57. The minimum atomic E-state index is -0.248. The van der Waals surface area contributed by atoms with Crippen LogP contribution in [0.1, 0.15) is 33.8 Å². The number of hydrazone groups is 1. The van der Waals surface area contributed by atoms with Crippen molar-refractivity contribution in [3.05, 3.63) is 67.7 Å². The molecule has 3 rings (SSSR count). The molecular formula is C22H22IN5O2. The summed E-state index contributed by atoms with van der Waals surface area (Å²) >= 11 is 2.23. The van der Waals surface area contributed by atoms with Crippen LogP contribution in [-0.2, 0) is 4.79 Å². The number of carbonyl (C=O) groups excluding carboxylic acids is 1. The lowest BCUT2D eigenvalue weighted by Gasteiger charge is -2.06. The highest BCUT2D eigenvalue weighted by atomic mass is 127. The first kappa shape index (κ1) is 21.6. The average Bonchev–Trinajstić information content (AvgIpc) is 3.15. The summed E-state index contributed by atoms with van der Waals surface area (Å²) in [6, 6.07) is 11.9. The third-order valence-corrected chi connectivity index (χ3v) is 5.56. The Bertz CT molecular complexity index is 1150. The Morgan fingerprint density at radius 2 is 1.97 bits per heavy atom. The first-order valence-electron chi connectivity index (χ1n) is 9.32. The summed E-state index contributed by atoms with van der Waals surface area (Å²) in [5.74, 6) is 0.979. The summed E-state index contributed by atoms with van der Waals surface area (Å²) in [5, 5.41) is 16.6. The maximum absolute atomic E-state index is 12.0. The zero-order valence-electron chi connectivity index (χ0n) is 17.2. The number of aromatic nitrogens is 1. The fraction of sp³-hybridized carbons (Fsp3) is 0.227. The van der Waals surface area contributed by atoms with Gasteiger partial charge in [-0.15, -0.1) is 0 Å². The number of halogens is 1. The topological polar surface area (TPSA) is 95.3 Å². The van der Waals surface area contributed by atoms with Gasteiger partial charge in [-0.1, -0.05) is 0 Å². The number of rotatable bonds is 6. The molecule has 1 aromatic carbocycles. The number of aryl methyl sites for hydroxylation is 2. The van der Waals surface area contributed by atoms with Gasteiger partial charge in [-0.25, -0.2) is 5.43 Å². The van der Waals surface area contributed by atoms with Crippen LogP contribution in [0.4, 0.5) is 5.69 Å². The summed E-state index contributed by atoms with van der Waals surface area (Å²) in [6.45, 7) is 7.69. The van der Waals surface area contributed by atoms with Crippen LogP contribution < -0.4 is 10.7 Å². The molecule has 0 aliphatic heterocycles. The van der Waals surface area contributed by atoms with Crippen LogP contribution in [0.5, 0.6) is 0 Å². The number of furan rings is 1. The monoisotopic (exact) mass is 515 g/mol. The van der Waals surface area contributed by atoms with E-state index in [9.17, 15) is 10.1 Å². The van der Waals surface area contributed by atoms with E-state index in [0.717, 1.165) is 37.5 Å². The molecule has 0 aliphatic rings. The number of amides is 1.